The zero-order valence-electron chi connectivity index (χ0n) is 7.75. The minimum Gasteiger partial charge on any atom is -0.359 e. The van der Waals surface area contributed by atoms with Crippen molar-refractivity contribution in [3.8, 4) is 12.3 Å². The van der Waals surface area contributed by atoms with E-state index in [-0.39, 0.29) is 0 Å². The molecule has 2 nitrogen and oxygen atoms in total. The monoisotopic (exact) mass is 172 g/mol. The highest BCUT2D eigenvalue weighted by molar-refractivity contribution is 5.51. The van der Waals surface area contributed by atoms with E-state index in [0.717, 1.165) is 24.3 Å². The number of fused-ring (bicyclic) bond motifs is 1. The Morgan fingerprint density at radius 2 is 2.46 bits per heavy atom. The molecule has 0 amide bonds. The first kappa shape index (κ1) is 8.12. The van der Waals surface area contributed by atoms with E-state index in [0.29, 0.717) is 0 Å². The number of nitrogens with zero attached hydrogens (tertiary/aromatic N) is 2. The van der Waals surface area contributed by atoms with Gasteiger partial charge < -0.3 is 4.90 Å². The number of anilines is 1. The number of terminal acetylenes is 1. The van der Waals surface area contributed by atoms with Crippen molar-refractivity contribution in [1.82, 2.24) is 4.98 Å². The SMILES string of the molecule is C#Cc1cnc2c(c1)CCCN2C. The van der Waals surface area contributed by atoms with Crippen LogP contribution in [0.5, 0.6) is 0 Å². The van der Waals surface area contributed by atoms with Crippen LogP contribution in [-0.2, 0) is 6.42 Å². The van der Waals surface area contributed by atoms with Gasteiger partial charge in [-0.15, -0.1) is 6.42 Å². The molecular formula is C11H12N2. The number of hydrogen-bond acceptors (Lipinski definition) is 2. The maximum Gasteiger partial charge on any atom is 0.131 e. The number of hydrogen-bond donors (Lipinski definition) is 0. The fourth-order valence-electron chi connectivity index (χ4n) is 1.72. The predicted octanol–water partition coefficient (Wildman–Crippen LogP) is 1.45. The molecule has 2 heteroatoms. The Morgan fingerprint density at radius 1 is 1.62 bits per heavy atom. The zero-order chi connectivity index (χ0) is 9.26. The molecule has 0 aliphatic carbocycles. The lowest BCUT2D eigenvalue weighted by Crippen LogP contribution is -2.25. The smallest absolute Gasteiger partial charge is 0.131 e. The van der Waals surface area contributed by atoms with Gasteiger partial charge in [-0.25, -0.2) is 4.98 Å². The summed E-state index contributed by atoms with van der Waals surface area (Å²) in [5.41, 5.74) is 2.17. The molecule has 1 aliphatic rings. The minimum absolute atomic E-state index is 0.883. The summed E-state index contributed by atoms with van der Waals surface area (Å²) in [5.74, 6) is 3.70. The topological polar surface area (TPSA) is 16.1 Å². The lowest BCUT2D eigenvalue weighted by Gasteiger charge is -2.25. The van der Waals surface area contributed by atoms with Crippen molar-refractivity contribution >= 4 is 5.82 Å². The summed E-state index contributed by atoms with van der Waals surface area (Å²) >= 11 is 0. The van der Waals surface area contributed by atoms with Gasteiger partial charge in [0, 0.05) is 25.4 Å². The van der Waals surface area contributed by atoms with E-state index in [1.807, 2.05) is 0 Å². The fraction of sp³-hybridized carbons (Fsp3) is 0.364. The summed E-state index contributed by atoms with van der Waals surface area (Å²) in [6.07, 6.45) is 9.37. The molecular weight excluding hydrogens is 160 g/mol. The van der Waals surface area contributed by atoms with Crippen molar-refractivity contribution in [2.45, 2.75) is 12.8 Å². The molecule has 0 saturated carbocycles. The molecule has 66 valence electrons. The van der Waals surface area contributed by atoms with E-state index < -0.39 is 0 Å². The highest BCUT2D eigenvalue weighted by Gasteiger charge is 2.14. The Kier molecular flexibility index (Phi) is 1.94. The highest BCUT2D eigenvalue weighted by Crippen LogP contribution is 2.23. The largest absolute Gasteiger partial charge is 0.359 e. The third-order valence-electron chi connectivity index (χ3n) is 2.41. The van der Waals surface area contributed by atoms with Crippen LogP contribution in [0.1, 0.15) is 17.5 Å². The first-order chi connectivity index (χ1) is 6.31. The molecule has 1 aromatic rings. The predicted molar refractivity (Wildman–Crippen MR) is 53.8 cm³/mol. The van der Waals surface area contributed by atoms with Gasteiger partial charge in [0.1, 0.15) is 5.82 Å². The van der Waals surface area contributed by atoms with Crippen molar-refractivity contribution in [2.24, 2.45) is 0 Å². The number of rotatable bonds is 0. The van der Waals surface area contributed by atoms with Crippen LogP contribution in [0.3, 0.4) is 0 Å². The minimum atomic E-state index is 0.883. The maximum absolute atomic E-state index is 5.31. The van der Waals surface area contributed by atoms with E-state index in [4.69, 9.17) is 6.42 Å². The fourth-order valence-corrected chi connectivity index (χ4v) is 1.72. The third kappa shape index (κ3) is 1.38. The number of aryl methyl sites for hydroxylation is 1. The quantitative estimate of drug-likeness (QED) is 0.550. The number of aromatic nitrogens is 1. The van der Waals surface area contributed by atoms with E-state index in [1.54, 1.807) is 6.20 Å². The van der Waals surface area contributed by atoms with Crippen LogP contribution in [0, 0.1) is 12.3 Å². The molecule has 0 atom stereocenters. The molecule has 0 unspecified atom stereocenters. The zero-order valence-corrected chi connectivity index (χ0v) is 7.75. The van der Waals surface area contributed by atoms with Crippen LogP contribution in [-0.4, -0.2) is 18.6 Å². The first-order valence-corrected chi connectivity index (χ1v) is 4.48. The molecule has 13 heavy (non-hydrogen) atoms. The summed E-state index contributed by atoms with van der Waals surface area (Å²) < 4.78 is 0. The van der Waals surface area contributed by atoms with Crippen LogP contribution < -0.4 is 4.90 Å². The second kappa shape index (κ2) is 3.10. The molecule has 0 aromatic carbocycles. The van der Waals surface area contributed by atoms with Gasteiger partial charge in [-0.05, 0) is 24.5 Å². The van der Waals surface area contributed by atoms with Gasteiger partial charge in [0.25, 0.3) is 0 Å². The molecule has 0 spiro atoms. The lowest BCUT2D eigenvalue weighted by atomic mass is 10.0. The summed E-state index contributed by atoms with van der Waals surface area (Å²) in [5, 5.41) is 0. The van der Waals surface area contributed by atoms with Gasteiger partial charge in [-0.2, -0.15) is 0 Å². The van der Waals surface area contributed by atoms with Crippen molar-refractivity contribution in [1.29, 1.82) is 0 Å². The average molecular weight is 172 g/mol. The van der Waals surface area contributed by atoms with E-state index >= 15 is 0 Å². The van der Waals surface area contributed by atoms with Gasteiger partial charge >= 0.3 is 0 Å². The Labute approximate surface area is 78.6 Å². The van der Waals surface area contributed by atoms with Crippen LogP contribution in [0.25, 0.3) is 0 Å². The van der Waals surface area contributed by atoms with Gasteiger partial charge in [0.15, 0.2) is 0 Å². The molecule has 2 rings (SSSR count). The summed E-state index contributed by atoms with van der Waals surface area (Å²) in [7, 11) is 2.07. The Morgan fingerprint density at radius 3 is 3.23 bits per heavy atom. The second-order valence-electron chi connectivity index (χ2n) is 3.38. The van der Waals surface area contributed by atoms with E-state index in [2.05, 4.69) is 28.9 Å². The maximum atomic E-state index is 5.31. The van der Waals surface area contributed by atoms with Crippen molar-refractivity contribution in [3.05, 3.63) is 23.4 Å². The van der Waals surface area contributed by atoms with Gasteiger partial charge in [-0.1, -0.05) is 5.92 Å². The summed E-state index contributed by atoms with van der Waals surface area (Å²) in [6, 6.07) is 2.07. The number of pyridine rings is 1. The molecule has 0 bridgehead atoms. The second-order valence-corrected chi connectivity index (χ2v) is 3.38. The molecule has 1 aliphatic heterocycles. The Balaban J connectivity index is 2.47. The average Bonchev–Trinajstić information content (AvgIpc) is 2.18. The summed E-state index contributed by atoms with van der Waals surface area (Å²) in [4.78, 5) is 6.53. The Bertz CT molecular complexity index is 363. The van der Waals surface area contributed by atoms with Crippen molar-refractivity contribution in [2.75, 3.05) is 18.5 Å². The summed E-state index contributed by atoms with van der Waals surface area (Å²) in [6.45, 7) is 1.09. The lowest BCUT2D eigenvalue weighted by molar-refractivity contribution is 0.730. The molecule has 0 saturated heterocycles. The molecule has 0 N–H and O–H groups in total. The molecule has 2 heterocycles. The van der Waals surface area contributed by atoms with Gasteiger partial charge in [0.2, 0.25) is 0 Å². The normalized spacial score (nSPS) is 14.9. The van der Waals surface area contributed by atoms with E-state index in [1.165, 1.54) is 12.0 Å². The Hall–Kier alpha value is -1.49. The van der Waals surface area contributed by atoms with E-state index in [9.17, 15) is 0 Å². The van der Waals surface area contributed by atoms with Crippen LogP contribution >= 0.6 is 0 Å². The molecule has 0 fully saturated rings. The molecule has 0 radical (unpaired) electrons. The van der Waals surface area contributed by atoms with Gasteiger partial charge in [0.05, 0.1) is 0 Å². The van der Waals surface area contributed by atoms with Crippen LogP contribution in [0.4, 0.5) is 5.82 Å². The van der Waals surface area contributed by atoms with Crippen molar-refractivity contribution in [3.63, 3.8) is 0 Å². The van der Waals surface area contributed by atoms with Gasteiger partial charge in [-0.3, -0.25) is 0 Å². The van der Waals surface area contributed by atoms with Crippen LogP contribution in [0.15, 0.2) is 12.3 Å². The van der Waals surface area contributed by atoms with Crippen LogP contribution in [0.2, 0.25) is 0 Å². The third-order valence-corrected chi connectivity index (χ3v) is 2.41. The standard InChI is InChI=1S/C11H12N2/c1-3-9-7-10-5-4-6-13(2)11(10)12-8-9/h1,7-8H,4-6H2,2H3. The van der Waals surface area contributed by atoms with Crippen molar-refractivity contribution < 1.29 is 0 Å². The highest BCUT2D eigenvalue weighted by atomic mass is 15.2. The first-order valence-electron chi connectivity index (χ1n) is 4.48. The molecule has 1 aromatic heterocycles.